The molecule has 0 amide bonds. The van der Waals surface area contributed by atoms with E-state index in [9.17, 15) is 0 Å². The second-order valence-corrected chi connectivity index (χ2v) is 39.3. The van der Waals surface area contributed by atoms with Crippen LogP contribution in [0.4, 0.5) is 0 Å². The standard InChI is InChI=1S/C31H34N2.C24H20N2O.C23H18N2.C21H16N2S.C17H14N2.C15H12N2S/c1-21-12-8-9-13-26(21)28-18-23(19-29(33-28)27-14-10-11-15-32-27)22-16-24(30(2,3)4)20-25(17-22)31(5,6)7;1-17-7-3-4-8-21(17)23-15-19(18-10-12-20(27-2)13-11-18)16-24(26-23)22-9-5-6-14-25-22;1-17-9-5-6-12-20(17)22-15-19(18-10-3-2-4-11-18)16-23(25-22)21-13-7-8-14-24-21;1-15-10-12-24-21(15)20-14-17(16-7-3-2-4-8-16)13-19(23-20)18-9-5-6-11-22-18;1-13-7-2-3-8-14(13)15-10-6-11-17(19-15)16-9-4-5-12-18-16;1-11-8-10-18-15(11)14-7-4-6-13(17-14)12-5-2-3-9-16-12/h8-20H,1-7H3;3-16H,1-2H3;2-16H,1H3;2-14H,1H3;2-12H,1H3;2-10H,1H3. The molecule has 0 saturated heterocycles. The van der Waals surface area contributed by atoms with Crippen LogP contribution >= 0.6 is 22.7 Å². The lowest BCUT2D eigenvalue weighted by Crippen LogP contribution is -2.16. The van der Waals surface area contributed by atoms with Gasteiger partial charge in [-0.1, -0.05) is 278 Å². The molecule has 0 atom stereocenters. The summed E-state index contributed by atoms with van der Waals surface area (Å²) in [5.74, 6) is 0.844. The van der Waals surface area contributed by atoms with Gasteiger partial charge in [-0.2, -0.15) is 0 Å². The number of thiophene rings is 2. The van der Waals surface area contributed by atoms with Gasteiger partial charge in [0.05, 0.1) is 119 Å². The van der Waals surface area contributed by atoms with Crippen LogP contribution < -0.4 is 4.74 Å². The minimum absolute atomic E-state index is 0.0612. The third-order valence-electron chi connectivity index (χ3n) is 24.9. The van der Waals surface area contributed by atoms with Gasteiger partial charge < -0.3 is 4.74 Å². The monoisotopic (exact) mass is 1930 g/mol. The maximum atomic E-state index is 5.28. The molecule has 0 aliphatic heterocycles. The highest BCUT2D eigenvalue weighted by atomic mass is 32.1. The first-order valence-corrected chi connectivity index (χ1v) is 50.6. The highest BCUT2D eigenvalue weighted by Gasteiger charge is 2.24. The van der Waals surface area contributed by atoms with Crippen molar-refractivity contribution in [2.75, 3.05) is 7.11 Å². The van der Waals surface area contributed by atoms with Crippen LogP contribution in [0, 0.1) is 41.5 Å². The van der Waals surface area contributed by atoms with E-state index in [4.69, 9.17) is 34.6 Å². The van der Waals surface area contributed by atoms with Crippen molar-refractivity contribution in [3.63, 3.8) is 0 Å². The number of hydrogen-bond donors (Lipinski definition) is 0. The summed E-state index contributed by atoms with van der Waals surface area (Å²) in [6.45, 7) is 26.4. The Hall–Kier alpha value is -17.2. The second kappa shape index (κ2) is 47.6. The number of methoxy groups -OCH3 is 1. The third kappa shape index (κ3) is 25.8. The Labute approximate surface area is 865 Å². The Balaban J connectivity index is 0.000000121. The van der Waals surface area contributed by atoms with Crippen molar-refractivity contribution in [2.45, 2.75) is 93.9 Å². The maximum Gasteiger partial charge on any atom is 0.118 e. The van der Waals surface area contributed by atoms with Crippen molar-refractivity contribution >= 4 is 22.7 Å². The molecule has 8 aromatic carbocycles. The van der Waals surface area contributed by atoms with Crippen molar-refractivity contribution in [1.82, 2.24) is 59.8 Å². The van der Waals surface area contributed by atoms with E-state index >= 15 is 0 Å². The van der Waals surface area contributed by atoms with Crippen LogP contribution in [0.5, 0.6) is 5.75 Å². The van der Waals surface area contributed by atoms with E-state index in [1.807, 2.05) is 207 Å². The van der Waals surface area contributed by atoms with E-state index < -0.39 is 0 Å². The van der Waals surface area contributed by atoms with Gasteiger partial charge in [0.2, 0.25) is 0 Å². The lowest BCUT2D eigenvalue weighted by molar-refractivity contribution is 0.415. The Morgan fingerprint density at radius 2 is 0.432 bits per heavy atom. The molecule has 22 rings (SSSR count). The van der Waals surface area contributed by atoms with Crippen LogP contribution in [0.25, 0.3) is 179 Å². The lowest BCUT2D eigenvalue weighted by Gasteiger charge is -2.26. The number of aromatic nitrogens is 12. The van der Waals surface area contributed by atoms with Crippen LogP contribution in [-0.2, 0) is 10.8 Å². The number of rotatable bonds is 17. The summed E-state index contributed by atoms with van der Waals surface area (Å²) in [7, 11) is 1.68. The van der Waals surface area contributed by atoms with Crippen molar-refractivity contribution in [3.05, 3.63) is 499 Å². The van der Waals surface area contributed by atoms with E-state index in [1.165, 1.54) is 82.1 Å². The summed E-state index contributed by atoms with van der Waals surface area (Å²) >= 11 is 3.45. The molecule has 0 bridgehead atoms. The van der Waals surface area contributed by atoms with E-state index in [0.717, 1.165) is 147 Å². The molecule has 146 heavy (non-hydrogen) atoms. The molecule has 15 heteroatoms. The first kappa shape index (κ1) is 100. The molecule has 0 fully saturated rings. The maximum absolute atomic E-state index is 5.28. The third-order valence-corrected chi connectivity index (χ3v) is 27.0. The van der Waals surface area contributed by atoms with E-state index in [-0.39, 0.29) is 10.8 Å². The summed E-state index contributed by atoms with van der Waals surface area (Å²) in [4.78, 5) is 58.3. The molecular weight excluding hydrogens is 1820 g/mol. The van der Waals surface area contributed by atoms with Gasteiger partial charge in [-0.25, -0.2) is 29.9 Å². The number of pyridine rings is 12. The molecule has 0 spiro atoms. The van der Waals surface area contributed by atoms with Gasteiger partial charge in [-0.15, -0.1) is 22.7 Å². The predicted octanol–water partition coefficient (Wildman–Crippen LogP) is 34.1. The zero-order valence-corrected chi connectivity index (χ0v) is 86.0. The van der Waals surface area contributed by atoms with Crippen LogP contribution in [0.1, 0.15) is 86.1 Å². The zero-order valence-electron chi connectivity index (χ0n) is 84.4. The average Bonchev–Trinajstić information content (AvgIpc) is 1.20. The van der Waals surface area contributed by atoms with Gasteiger partial charge in [0.15, 0.2) is 0 Å². The zero-order chi connectivity index (χ0) is 101. The normalized spacial score (nSPS) is 10.9. The first-order chi connectivity index (χ1) is 71.1. The fourth-order valence-corrected chi connectivity index (χ4v) is 18.6. The van der Waals surface area contributed by atoms with E-state index in [1.54, 1.807) is 54.6 Å². The van der Waals surface area contributed by atoms with Gasteiger partial charge in [0, 0.05) is 59.4 Å². The molecule has 0 aliphatic rings. The molecule has 14 aromatic heterocycles. The van der Waals surface area contributed by atoms with Crippen LogP contribution in [0.15, 0.2) is 454 Å². The number of hydrogen-bond acceptors (Lipinski definition) is 15. The highest BCUT2D eigenvalue weighted by Crippen LogP contribution is 2.41. The fourth-order valence-electron chi connectivity index (χ4n) is 16.8. The number of benzene rings is 8. The van der Waals surface area contributed by atoms with Crippen LogP contribution in [0.3, 0.4) is 0 Å². The summed E-state index contributed by atoms with van der Waals surface area (Å²) in [6.07, 6.45) is 10.8. The Morgan fingerprint density at radius 3 is 0.747 bits per heavy atom. The number of ether oxygens (including phenoxy) is 1. The predicted molar refractivity (Wildman–Crippen MR) is 607 cm³/mol. The number of aryl methyl sites for hydroxylation is 6. The Bertz CT molecular complexity index is 7930. The Morgan fingerprint density at radius 1 is 0.185 bits per heavy atom. The molecule has 13 nitrogen and oxygen atoms in total. The van der Waals surface area contributed by atoms with E-state index in [2.05, 4.69) is 336 Å². The average molecular weight is 1940 g/mol. The quantitative estimate of drug-likeness (QED) is 0.0847. The Kier molecular flexibility index (Phi) is 32.7. The topological polar surface area (TPSA) is 164 Å². The molecule has 0 saturated carbocycles. The summed E-state index contributed by atoms with van der Waals surface area (Å²) in [6, 6.07) is 138. The van der Waals surface area contributed by atoms with Crippen molar-refractivity contribution in [1.29, 1.82) is 0 Å². The SMILES string of the molecule is COc1ccc(-c2cc(-c3ccccn3)nc(-c3ccccc3C)c2)cc1.Cc1ccccc1-c1cc(-c2cc(C(C)(C)C)cc(C(C)(C)C)c2)cc(-c2ccccn2)n1.Cc1ccccc1-c1cc(-c2ccccc2)cc(-c2ccccn2)n1.Cc1ccccc1-c1cccc(-c2ccccn2)n1.Cc1ccsc1-c1cc(-c2ccccc2)cc(-c2ccccn2)n1.Cc1ccsc1-c1cccc(-c2ccccn2)n1. The summed E-state index contributed by atoms with van der Waals surface area (Å²) < 4.78 is 5.28. The van der Waals surface area contributed by atoms with Gasteiger partial charge in [-0.05, 0) is 322 Å². The molecule has 14 heterocycles. The molecular formula is C131H114N12OS2. The molecule has 0 unspecified atom stereocenters. The first-order valence-electron chi connectivity index (χ1n) is 48.8. The van der Waals surface area contributed by atoms with Gasteiger partial charge in [-0.3, -0.25) is 29.9 Å². The number of nitrogens with zero attached hydrogens (tertiary/aromatic N) is 12. The second-order valence-electron chi connectivity index (χ2n) is 37.5. The minimum Gasteiger partial charge on any atom is -0.497 e. The molecule has 0 aliphatic carbocycles. The fraction of sp³-hybridized carbons (Fsp3) is 0.115. The molecule has 716 valence electrons. The summed E-state index contributed by atoms with van der Waals surface area (Å²) in [5.41, 5.74) is 40.7. The highest BCUT2D eigenvalue weighted by molar-refractivity contribution is 7.14. The van der Waals surface area contributed by atoms with Crippen molar-refractivity contribution in [3.8, 4) is 185 Å². The largest absolute Gasteiger partial charge is 0.497 e. The summed E-state index contributed by atoms with van der Waals surface area (Å²) in [5, 5.41) is 4.21. The van der Waals surface area contributed by atoms with Gasteiger partial charge >= 0.3 is 0 Å². The van der Waals surface area contributed by atoms with Crippen LogP contribution in [-0.4, -0.2) is 66.9 Å². The van der Waals surface area contributed by atoms with Gasteiger partial charge in [0.1, 0.15) is 5.75 Å². The lowest BCUT2D eigenvalue weighted by atomic mass is 9.79. The van der Waals surface area contributed by atoms with Crippen LogP contribution in [0.2, 0.25) is 0 Å². The molecule has 22 aromatic rings. The van der Waals surface area contributed by atoms with Crippen molar-refractivity contribution < 1.29 is 4.74 Å². The minimum atomic E-state index is 0.0612. The van der Waals surface area contributed by atoms with E-state index in [0.29, 0.717) is 0 Å². The van der Waals surface area contributed by atoms with Gasteiger partial charge in [0.25, 0.3) is 0 Å². The molecule has 0 N–H and O–H groups in total. The smallest absolute Gasteiger partial charge is 0.118 e. The molecule has 0 radical (unpaired) electrons. The van der Waals surface area contributed by atoms with Crippen molar-refractivity contribution in [2.24, 2.45) is 0 Å².